The molecule has 0 aromatic heterocycles. The van der Waals surface area contributed by atoms with Crippen LogP contribution in [0.25, 0.3) is 0 Å². The average Bonchev–Trinajstić information content (AvgIpc) is 2.81. The lowest BCUT2D eigenvalue weighted by molar-refractivity contribution is -0.115. The second-order valence-corrected chi connectivity index (χ2v) is 5.37. The van der Waals surface area contributed by atoms with Gasteiger partial charge in [0, 0.05) is 16.9 Å². The zero-order valence-electron chi connectivity index (χ0n) is 12.0. The SMILES string of the molecule is Cc1ccc(C)c(NC(=O)c2ccc3c(c2)CC(=O)N3)c1. The molecule has 106 valence electrons. The topological polar surface area (TPSA) is 58.2 Å². The van der Waals surface area contributed by atoms with Crippen LogP contribution in [0.1, 0.15) is 27.0 Å². The van der Waals surface area contributed by atoms with E-state index in [-0.39, 0.29) is 11.8 Å². The summed E-state index contributed by atoms with van der Waals surface area (Å²) < 4.78 is 0. The minimum Gasteiger partial charge on any atom is -0.326 e. The average molecular weight is 280 g/mol. The van der Waals surface area contributed by atoms with Crippen LogP contribution in [0.4, 0.5) is 11.4 Å². The van der Waals surface area contributed by atoms with E-state index in [1.807, 2.05) is 32.0 Å². The first-order valence-corrected chi connectivity index (χ1v) is 6.84. The molecule has 1 aliphatic rings. The van der Waals surface area contributed by atoms with Gasteiger partial charge in [-0.3, -0.25) is 9.59 Å². The zero-order valence-corrected chi connectivity index (χ0v) is 12.0. The fourth-order valence-electron chi connectivity index (χ4n) is 2.44. The van der Waals surface area contributed by atoms with Gasteiger partial charge in [-0.25, -0.2) is 0 Å². The number of anilines is 2. The van der Waals surface area contributed by atoms with Gasteiger partial charge in [-0.2, -0.15) is 0 Å². The number of benzene rings is 2. The molecular weight excluding hydrogens is 264 g/mol. The Labute approximate surface area is 123 Å². The third-order valence-electron chi connectivity index (χ3n) is 3.63. The maximum absolute atomic E-state index is 12.3. The molecule has 2 aromatic rings. The summed E-state index contributed by atoms with van der Waals surface area (Å²) in [5.74, 6) is -0.192. The van der Waals surface area contributed by atoms with Crippen LogP contribution in [-0.2, 0) is 11.2 Å². The summed E-state index contributed by atoms with van der Waals surface area (Å²) in [6.07, 6.45) is 0.333. The highest BCUT2D eigenvalue weighted by Crippen LogP contribution is 2.24. The molecule has 2 N–H and O–H groups in total. The van der Waals surface area contributed by atoms with Gasteiger partial charge in [0.25, 0.3) is 5.91 Å². The van der Waals surface area contributed by atoms with Crippen LogP contribution in [0.15, 0.2) is 36.4 Å². The van der Waals surface area contributed by atoms with E-state index in [9.17, 15) is 9.59 Å². The molecule has 1 aliphatic heterocycles. The molecule has 1 heterocycles. The first kappa shape index (κ1) is 13.4. The minimum atomic E-state index is -0.161. The van der Waals surface area contributed by atoms with Crippen LogP contribution in [0.2, 0.25) is 0 Å². The van der Waals surface area contributed by atoms with E-state index in [0.29, 0.717) is 12.0 Å². The van der Waals surface area contributed by atoms with E-state index in [1.165, 1.54) is 0 Å². The second kappa shape index (κ2) is 5.05. The number of rotatable bonds is 2. The Morgan fingerprint density at radius 3 is 2.76 bits per heavy atom. The molecule has 0 spiro atoms. The van der Waals surface area contributed by atoms with E-state index in [2.05, 4.69) is 10.6 Å². The molecule has 4 nitrogen and oxygen atoms in total. The molecule has 0 radical (unpaired) electrons. The highest BCUT2D eigenvalue weighted by atomic mass is 16.2. The summed E-state index contributed by atoms with van der Waals surface area (Å²) in [4.78, 5) is 23.7. The van der Waals surface area contributed by atoms with Crippen LogP contribution in [0.3, 0.4) is 0 Å². The van der Waals surface area contributed by atoms with Gasteiger partial charge < -0.3 is 10.6 Å². The Kier molecular flexibility index (Phi) is 3.22. The Morgan fingerprint density at radius 2 is 1.95 bits per heavy atom. The smallest absolute Gasteiger partial charge is 0.255 e. The lowest BCUT2D eigenvalue weighted by Gasteiger charge is -2.10. The minimum absolute atomic E-state index is 0.0305. The molecule has 0 saturated carbocycles. The summed E-state index contributed by atoms with van der Waals surface area (Å²) in [5.41, 5.74) is 5.16. The van der Waals surface area contributed by atoms with Crippen LogP contribution in [-0.4, -0.2) is 11.8 Å². The molecule has 0 aliphatic carbocycles. The first-order chi connectivity index (χ1) is 10.0. The summed E-state index contributed by atoms with van der Waals surface area (Å²) in [7, 11) is 0. The van der Waals surface area contributed by atoms with Gasteiger partial charge >= 0.3 is 0 Å². The van der Waals surface area contributed by atoms with Crippen molar-refractivity contribution in [2.24, 2.45) is 0 Å². The standard InChI is InChI=1S/C17H16N2O2/c1-10-3-4-11(2)15(7-10)19-17(21)12-5-6-14-13(8-12)9-16(20)18-14/h3-8H,9H2,1-2H3,(H,18,20)(H,19,21). The maximum Gasteiger partial charge on any atom is 0.255 e. The first-order valence-electron chi connectivity index (χ1n) is 6.84. The number of hydrogen-bond acceptors (Lipinski definition) is 2. The van der Waals surface area contributed by atoms with Gasteiger partial charge in [0.1, 0.15) is 0 Å². The normalized spacial score (nSPS) is 12.8. The second-order valence-electron chi connectivity index (χ2n) is 5.37. The van der Waals surface area contributed by atoms with Crippen molar-refractivity contribution in [3.05, 3.63) is 58.7 Å². The maximum atomic E-state index is 12.3. The van der Waals surface area contributed by atoms with Crippen molar-refractivity contribution in [2.75, 3.05) is 10.6 Å². The van der Waals surface area contributed by atoms with Crippen LogP contribution in [0.5, 0.6) is 0 Å². The van der Waals surface area contributed by atoms with Crippen molar-refractivity contribution in [3.8, 4) is 0 Å². The summed E-state index contributed by atoms with van der Waals surface area (Å²) >= 11 is 0. The van der Waals surface area contributed by atoms with Crippen molar-refractivity contribution >= 4 is 23.2 Å². The molecule has 0 bridgehead atoms. The molecule has 0 unspecified atom stereocenters. The number of nitrogens with one attached hydrogen (secondary N) is 2. The molecule has 2 aromatic carbocycles. The predicted octanol–water partition coefficient (Wildman–Crippen LogP) is 3.05. The van der Waals surface area contributed by atoms with E-state index in [0.717, 1.165) is 28.1 Å². The molecule has 0 saturated heterocycles. The number of carbonyl (C=O) groups is 2. The highest BCUT2D eigenvalue weighted by Gasteiger charge is 2.19. The number of amides is 2. The summed E-state index contributed by atoms with van der Waals surface area (Å²) in [6, 6.07) is 11.2. The number of aryl methyl sites for hydroxylation is 2. The lowest BCUT2D eigenvalue weighted by Crippen LogP contribution is -2.13. The Balaban J connectivity index is 1.85. The zero-order chi connectivity index (χ0) is 15.0. The molecule has 4 heteroatoms. The summed E-state index contributed by atoms with van der Waals surface area (Å²) in [5, 5.41) is 5.68. The fraction of sp³-hybridized carbons (Fsp3) is 0.176. The Hall–Kier alpha value is -2.62. The predicted molar refractivity (Wildman–Crippen MR) is 82.6 cm³/mol. The van der Waals surface area contributed by atoms with Crippen molar-refractivity contribution in [2.45, 2.75) is 20.3 Å². The van der Waals surface area contributed by atoms with Crippen LogP contribution >= 0.6 is 0 Å². The van der Waals surface area contributed by atoms with Crippen LogP contribution in [0, 0.1) is 13.8 Å². The molecule has 2 amide bonds. The highest BCUT2D eigenvalue weighted by molar-refractivity contribution is 6.06. The van der Waals surface area contributed by atoms with E-state index >= 15 is 0 Å². The summed E-state index contributed by atoms with van der Waals surface area (Å²) in [6.45, 7) is 3.95. The van der Waals surface area contributed by atoms with Gasteiger partial charge in [-0.05, 0) is 54.8 Å². The fourth-order valence-corrected chi connectivity index (χ4v) is 2.44. The Morgan fingerprint density at radius 1 is 1.14 bits per heavy atom. The van der Waals surface area contributed by atoms with E-state index in [1.54, 1.807) is 18.2 Å². The Bertz CT molecular complexity index is 750. The molecule has 3 rings (SSSR count). The number of carbonyl (C=O) groups excluding carboxylic acids is 2. The van der Waals surface area contributed by atoms with E-state index < -0.39 is 0 Å². The van der Waals surface area contributed by atoms with Crippen molar-refractivity contribution < 1.29 is 9.59 Å². The number of hydrogen-bond donors (Lipinski definition) is 2. The molecule has 0 atom stereocenters. The molecular formula is C17H16N2O2. The van der Waals surface area contributed by atoms with Gasteiger partial charge in [-0.1, -0.05) is 12.1 Å². The third-order valence-corrected chi connectivity index (χ3v) is 3.63. The van der Waals surface area contributed by atoms with Crippen molar-refractivity contribution in [1.29, 1.82) is 0 Å². The van der Waals surface area contributed by atoms with Crippen molar-refractivity contribution in [1.82, 2.24) is 0 Å². The van der Waals surface area contributed by atoms with Gasteiger partial charge in [0.05, 0.1) is 6.42 Å². The molecule has 0 fully saturated rings. The number of fused-ring (bicyclic) bond motifs is 1. The largest absolute Gasteiger partial charge is 0.326 e. The molecule has 21 heavy (non-hydrogen) atoms. The third kappa shape index (κ3) is 2.65. The van der Waals surface area contributed by atoms with E-state index in [4.69, 9.17) is 0 Å². The quantitative estimate of drug-likeness (QED) is 0.888. The van der Waals surface area contributed by atoms with Gasteiger partial charge in [0.2, 0.25) is 5.91 Å². The van der Waals surface area contributed by atoms with Crippen LogP contribution < -0.4 is 10.6 Å². The monoisotopic (exact) mass is 280 g/mol. The van der Waals surface area contributed by atoms with Gasteiger partial charge in [0.15, 0.2) is 0 Å². The van der Waals surface area contributed by atoms with Crippen molar-refractivity contribution in [3.63, 3.8) is 0 Å². The lowest BCUT2D eigenvalue weighted by atomic mass is 10.1. The van der Waals surface area contributed by atoms with Gasteiger partial charge in [-0.15, -0.1) is 0 Å².